The van der Waals surface area contributed by atoms with Crippen LogP contribution in [0.2, 0.25) is 0 Å². The van der Waals surface area contributed by atoms with Crippen LogP contribution in [0.1, 0.15) is 18.1 Å². The second-order valence-electron chi connectivity index (χ2n) is 8.96. The van der Waals surface area contributed by atoms with Crippen LogP contribution in [0.15, 0.2) is 54.6 Å². The highest BCUT2D eigenvalue weighted by Gasteiger charge is 2.56. The average molecular weight is 420 g/mol. The molecule has 3 aliphatic heterocycles. The van der Waals surface area contributed by atoms with Crippen molar-refractivity contribution in [1.82, 2.24) is 20.0 Å². The summed E-state index contributed by atoms with van der Waals surface area (Å²) >= 11 is 0. The molecule has 3 saturated heterocycles. The number of carbonyl (C=O) groups excluding carboxylic acids is 2. The third-order valence-electron chi connectivity index (χ3n) is 6.76. The van der Waals surface area contributed by atoms with Gasteiger partial charge in [0.1, 0.15) is 18.5 Å². The number of carbonyl (C=O) groups is 2. The quantitative estimate of drug-likeness (QED) is 0.828. The van der Waals surface area contributed by atoms with E-state index in [1.54, 1.807) is 11.9 Å². The molecule has 1 N–H and O–H groups in total. The minimum atomic E-state index is -0.398. The first-order valence-corrected chi connectivity index (χ1v) is 10.9. The Hall–Kier alpha value is -2.90. The van der Waals surface area contributed by atoms with E-state index >= 15 is 0 Å². The number of nitrogens with one attached hydrogen (secondary N) is 1. The lowest BCUT2D eigenvalue weighted by molar-refractivity contribution is -0.139. The standard InChI is InChI=1S/C24H29N5O2/c1-16-13-27(19-11-5-4-6-12-19)23-25-21-20(28(23)14-16)22(30)29(24(31)26(21)3)15-18-10-8-7-9-17(18)2/h4-12,16,20-21,23,25H,13-15H2,1-3H3. The normalized spacial score (nSPS) is 28.7. The van der Waals surface area contributed by atoms with Crippen LogP contribution in [0.25, 0.3) is 0 Å². The molecule has 3 heterocycles. The zero-order valence-electron chi connectivity index (χ0n) is 18.2. The molecular weight excluding hydrogens is 390 g/mol. The van der Waals surface area contributed by atoms with Crippen LogP contribution in [0.3, 0.4) is 0 Å². The van der Waals surface area contributed by atoms with E-state index in [9.17, 15) is 9.59 Å². The predicted octanol–water partition coefficient (Wildman–Crippen LogP) is 2.43. The Morgan fingerprint density at radius 1 is 1.00 bits per heavy atom. The summed E-state index contributed by atoms with van der Waals surface area (Å²) in [7, 11) is 1.79. The van der Waals surface area contributed by atoms with E-state index in [2.05, 4.69) is 34.2 Å². The van der Waals surface area contributed by atoms with Crippen molar-refractivity contribution >= 4 is 17.6 Å². The SMILES string of the molecule is Cc1ccccc1CN1C(=O)C2C(NC3N(c4ccccc4)CC(C)CN23)N(C)C1=O. The van der Waals surface area contributed by atoms with Crippen LogP contribution in [0.5, 0.6) is 0 Å². The molecule has 7 nitrogen and oxygen atoms in total. The Kier molecular flexibility index (Phi) is 4.95. The maximum absolute atomic E-state index is 13.7. The average Bonchev–Trinajstić information content (AvgIpc) is 3.16. The lowest BCUT2D eigenvalue weighted by Gasteiger charge is -2.46. The fourth-order valence-corrected chi connectivity index (χ4v) is 5.14. The Labute approximate surface area is 183 Å². The molecule has 162 valence electrons. The molecule has 3 aliphatic rings. The maximum Gasteiger partial charge on any atom is 0.328 e. The second kappa shape index (κ2) is 7.66. The number of likely N-dealkylation sites (N-methyl/N-ethyl adjacent to an activating group) is 1. The molecule has 2 aromatic rings. The summed E-state index contributed by atoms with van der Waals surface area (Å²) in [5, 5.41) is 3.58. The van der Waals surface area contributed by atoms with Gasteiger partial charge in [0.2, 0.25) is 0 Å². The molecule has 4 atom stereocenters. The van der Waals surface area contributed by atoms with Gasteiger partial charge in [0, 0.05) is 25.8 Å². The van der Waals surface area contributed by atoms with E-state index < -0.39 is 6.04 Å². The van der Waals surface area contributed by atoms with Crippen molar-refractivity contribution in [3.8, 4) is 0 Å². The molecule has 0 spiro atoms. The lowest BCUT2D eigenvalue weighted by atomic mass is 10.0. The molecule has 0 aromatic heterocycles. The van der Waals surface area contributed by atoms with Crippen LogP contribution >= 0.6 is 0 Å². The highest BCUT2D eigenvalue weighted by atomic mass is 16.2. The van der Waals surface area contributed by atoms with E-state index in [-0.39, 0.29) is 24.4 Å². The summed E-state index contributed by atoms with van der Waals surface area (Å²) in [6.07, 6.45) is -0.458. The van der Waals surface area contributed by atoms with Crippen LogP contribution < -0.4 is 10.2 Å². The van der Waals surface area contributed by atoms with Crippen molar-refractivity contribution in [3.05, 3.63) is 65.7 Å². The molecule has 0 bridgehead atoms. The van der Waals surface area contributed by atoms with E-state index in [1.165, 1.54) is 4.90 Å². The van der Waals surface area contributed by atoms with Gasteiger partial charge in [0.05, 0.1) is 6.54 Å². The van der Waals surface area contributed by atoms with Crippen LogP contribution in [-0.2, 0) is 11.3 Å². The highest BCUT2D eigenvalue weighted by molar-refractivity contribution is 6.00. The molecule has 2 aromatic carbocycles. The van der Waals surface area contributed by atoms with Gasteiger partial charge in [-0.2, -0.15) is 0 Å². The van der Waals surface area contributed by atoms with Gasteiger partial charge in [-0.3, -0.25) is 19.9 Å². The molecule has 0 radical (unpaired) electrons. The van der Waals surface area contributed by atoms with Gasteiger partial charge in [-0.15, -0.1) is 0 Å². The molecule has 4 unspecified atom stereocenters. The van der Waals surface area contributed by atoms with Gasteiger partial charge in [-0.05, 0) is 36.1 Å². The molecule has 31 heavy (non-hydrogen) atoms. The highest BCUT2D eigenvalue weighted by Crippen LogP contribution is 2.34. The van der Waals surface area contributed by atoms with Crippen LogP contribution in [0.4, 0.5) is 10.5 Å². The Balaban J connectivity index is 1.47. The number of fused-ring (bicyclic) bond motifs is 3. The number of aryl methyl sites for hydroxylation is 1. The minimum absolute atomic E-state index is 0.117. The fraction of sp³-hybridized carbons (Fsp3) is 0.417. The fourth-order valence-electron chi connectivity index (χ4n) is 5.14. The third-order valence-corrected chi connectivity index (χ3v) is 6.76. The van der Waals surface area contributed by atoms with Crippen molar-refractivity contribution in [2.45, 2.75) is 38.9 Å². The molecular formula is C24H29N5O2. The van der Waals surface area contributed by atoms with Crippen LogP contribution in [0, 0.1) is 12.8 Å². The number of amides is 3. The van der Waals surface area contributed by atoms with Gasteiger partial charge < -0.3 is 9.80 Å². The summed E-state index contributed by atoms with van der Waals surface area (Å²) in [6, 6.07) is 17.5. The second-order valence-corrected chi connectivity index (χ2v) is 8.96. The van der Waals surface area contributed by atoms with E-state index in [4.69, 9.17) is 0 Å². The summed E-state index contributed by atoms with van der Waals surface area (Å²) in [4.78, 5) is 34.5. The molecule has 3 amide bonds. The zero-order valence-corrected chi connectivity index (χ0v) is 18.2. The molecule has 0 aliphatic carbocycles. The first kappa shape index (κ1) is 20.0. The van der Waals surface area contributed by atoms with Crippen LogP contribution in [-0.4, -0.2) is 65.3 Å². The minimum Gasteiger partial charge on any atom is -0.343 e. The number of para-hydroxylation sites is 1. The number of urea groups is 1. The topological polar surface area (TPSA) is 59.1 Å². The molecule has 0 saturated carbocycles. The van der Waals surface area contributed by atoms with Gasteiger partial charge in [-0.1, -0.05) is 49.4 Å². The predicted molar refractivity (Wildman–Crippen MR) is 119 cm³/mol. The number of imide groups is 1. The summed E-state index contributed by atoms with van der Waals surface area (Å²) in [6.45, 7) is 6.24. The smallest absolute Gasteiger partial charge is 0.328 e. The van der Waals surface area contributed by atoms with E-state index in [1.807, 2.05) is 49.4 Å². The summed E-state index contributed by atoms with van der Waals surface area (Å²) in [5.74, 6) is 0.283. The molecule has 7 heteroatoms. The number of hydrogen-bond acceptors (Lipinski definition) is 5. The first-order valence-electron chi connectivity index (χ1n) is 10.9. The van der Waals surface area contributed by atoms with Crippen molar-refractivity contribution in [3.63, 3.8) is 0 Å². The zero-order chi connectivity index (χ0) is 21.7. The van der Waals surface area contributed by atoms with E-state index in [0.717, 1.165) is 29.9 Å². The van der Waals surface area contributed by atoms with Crippen molar-refractivity contribution < 1.29 is 9.59 Å². The maximum atomic E-state index is 13.7. The van der Waals surface area contributed by atoms with E-state index in [0.29, 0.717) is 12.5 Å². The lowest BCUT2D eigenvalue weighted by Crippen LogP contribution is -2.66. The van der Waals surface area contributed by atoms with Gasteiger partial charge in [0.25, 0.3) is 5.91 Å². The van der Waals surface area contributed by atoms with Crippen molar-refractivity contribution in [2.75, 3.05) is 25.0 Å². The Bertz CT molecular complexity index is 996. The third kappa shape index (κ3) is 3.28. The number of anilines is 1. The number of rotatable bonds is 3. The molecule has 5 rings (SSSR count). The Morgan fingerprint density at radius 2 is 1.71 bits per heavy atom. The summed E-state index contributed by atoms with van der Waals surface area (Å²) in [5.41, 5.74) is 3.20. The molecule has 3 fully saturated rings. The van der Waals surface area contributed by atoms with Crippen molar-refractivity contribution in [2.24, 2.45) is 5.92 Å². The van der Waals surface area contributed by atoms with Gasteiger partial charge in [-0.25, -0.2) is 4.79 Å². The monoisotopic (exact) mass is 419 g/mol. The first-order chi connectivity index (χ1) is 15.0. The largest absolute Gasteiger partial charge is 0.343 e. The van der Waals surface area contributed by atoms with Crippen molar-refractivity contribution in [1.29, 1.82) is 0 Å². The Morgan fingerprint density at radius 3 is 2.45 bits per heavy atom. The number of nitrogens with zero attached hydrogens (tertiary/aromatic N) is 4. The number of hydrogen-bond donors (Lipinski definition) is 1. The summed E-state index contributed by atoms with van der Waals surface area (Å²) < 4.78 is 0. The number of benzene rings is 2. The van der Waals surface area contributed by atoms with Gasteiger partial charge >= 0.3 is 6.03 Å². The van der Waals surface area contributed by atoms with Gasteiger partial charge in [0.15, 0.2) is 0 Å².